The zero-order valence-electron chi connectivity index (χ0n) is 17.8. The fraction of sp³-hybridized carbons (Fsp3) is 0.238. The number of ether oxygens (including phenoxy) is 2. The number of amides is 1. The number of carbonyl (C=O) groups is 1. The zero-order valence-corrected chi connectivity index (χ0v) is 19.4. The third kappa shape index (κ3) is 3.98. The van der Waals surface area contributed by atoms with E-state index in [0.29, 0.717) is 39.4 Å². The number of nitrogens with zero attached hydrogens (tertiary/aromatic N) is 4. The van der Waals surface area contributed by atoms with Crippen molar-refractivity contribution < 1.29 is 14.3 Å². The maximum atomic E-state index is 13.5. The van der Waals surface area contributed by atoms with Crippen molar-refractivity contribution in [3.63, 3.8) is 0 Å². The number of halogens is 1. The van der Waals surface area contributed by atoms with Crippen LogP contribution in [0.3, 0.4) is 0 Å². The summed E-state index contributed by atoms with van der Waals surface area (Å²) in [6.45, 7) is 1.82. The van der Waals surface area contributed by atoms with Gasteiger partial charge in [0.25, 0.3) is 5.91 Å². The summed E-state index contributed by atoms with van der Waals surface area (Å²) in [5.74, 6) is 0.957. The second-order valence-electron chi connectivity index (χ2n) is 6.93. The van der Waals surface area contributed by atoms with Gasteiger partial charge in [-0.3, -0.25) is 4.79 Å². The Morgan fingerprint density at radius 2 is 1.91 bits per heavy atom. The molecule has 2 N–H and O–H groups in total. The van der Waals surface area contributed by atoms with Gasteiger partial charge < -0.3 is 20.1 Å². The van der Waals surface area contributed by atoms with Gasteiger partial charge in [0.2, 0.25) is 5.95 Å². The number of hydrogen-bond donors (Lipinski definition) is 2. The summed E-state index contributed by atoms with van der Waals surface area (Å²) in [6.07, 6.45) is 2.01. The van der Waals surface area contributed by atoms with Crippen LogP contribution < -0.4 is 20.1 Å². The van der Waals surface area contributed by atoms with Gasteiger partial charge in [-0.05, 0) is 41.3 Å². The molecule has 166 valence electrons. The molecular weight excluding hydrogens is 452 g/mol. The molecular formula is C21H21ClN6O3S. The van der Waals surface area contributed by atoms with Crippen LogP contribution in [0.2, 0.25) is 5.02 Å². The molecule has 1 amide bonds. The minimum absolute atomic E-state index is 0.335. The standard InChI is InChI=1S/C21H21ClN6O3S/c1-11-18(20(29)24-15-10-16(30-2)14(22)9-17(15)31-3)19(28-21(23-11)25-26-27-28)12-5-7-13(32-4)8-6-12/h5-10,19H,1-4H3,(H,24,29)(H,23,25,27). The van der Waals surface area contributed by atoms with Crippen LogP contribution in [-0.4, -0.2) is 46.6 Å². The third-order valence-corrected chi connectivity index (χ3v) is 6.15. The van der Waals surface area contributed by atoms with E-state index in [0.717, 1.165) is 10.5 Å². The van der Waals surface area contributed by atoms with Gasteiger partial charge in [-0.2, -0.15) is 4.68 Å². The van der Waals surface area contributed by atoms with Crippen molar-refractivity contribution in [3.05, 3.63) is 58.3 Å². The number of methoxy groups -OCH3 is 2. The number of rotatable bonds is 6. The highest BCUT2D eigenvalue weighted by molar-refractivity contribution is 7.98. The number of aromatic nitrogens is 4. The smallest absolute Gasteiger partial charge is 0.255 e. The van der Waals surface area contributed by atoms with Crippen molar-refractivity contribution >= 4 is 40.9 Å². The van der Waals surface area contributed by atoms with Gasteiger partial charge in [0, 0.05) is 22.7 Å². The summed E-state index contributed by atoms with van der Waals surface area (Å²) in [5.41, 5.74) is 2.42. The molecule has 1 aliphatic heterocycles. The number of anilines is 2. The van der Waals surface area contributed by atoms with Crippen LogP contribution in [0.25, 0.3) is 0 Å². The largest absolute Gasteiger partial charge is 0.495 e. The van der Waals surface area contributed by atoms with Crippen molar-refractivity contribution in [1.82, 2.24) is 20.2 Å². The highest BCUT2D eigenvalue weighted by Crippen LogP contribution is 2.39. The van der Waals surface area contributed by atoms with Gasteiger partial charge in [-0.25, -0.2) is 0 Å². The van der Waals surface area contributed by atoms with Crippen LogP contribution in [0.4, 0.5) is 11.6 Å². The number of fused-ring (bicyclic) bond motifs is 1. The zero-order chi connectivity index (χ0) is 22.8. The van der Waals surface area contributed by atoms with E-state index in [2.05, 4.69) is 26.2 Å². The molecule has 4 rings (SSSR count). The molecule has 0 saturated heterocycles. The van der Waals surface area contributed by atoms with Gasteiger partial charge in [-0.15, -0.1) is 11.8 Å². The van der Waals surface area contributed by atoms with Crippen molar-refractivity contribution in [3.8, 4) is 11.5 Å². The molecule has 2 heterocycles. The van der Waals surface area contributed by atoms with Crippen LogP contribution in [0, 0.1) is 0 Å². The Morgan fingerprint density at radius 1 is 1.19 bits per heavy atom. The number of thioether (sulfide) groups is 1. The highest BCUT2D eigenvalue weighted by atomic mass is 35.5. The van der Waals surface area contributed by atoms with E-state index >= 15 is 0 Å². The Morgan fingerprint density at radius 3 is 2.56 bits per heavy atom. The predicted octanol–water partition coefficient (Wildman–Crippen LogP) is 3.99. The number of tetrazole rings is 1. The highest BCUT2D eigenvalue weighted by Gasteiger charge is 2.34. The van der Waals surface area contributed by atoms with Gasteiger partial charge in [0.1, 0.15) is 17.5 Å². The normalized spacial score (nSPS) is 15.1. The maximum Gasteiger partial charge on any atom is 0.255 e. The molecule has 1 atom stereocenters. The molecule has 2 aromatic carbocycles. The van der Waals surface area contributed by atoms with Crippen LogP contribution in [0.1, 0.15) is 18.5 Å². The Kier molecular flexibility index (Phi) is 6.24. The van der Waals surface area contributed by atoms with Crippen molar-refractivity contribution in [2.45, 2.75) is 17.9 Å². The molecule has 0 fully saturated rings. The molecule has 0 bridgehead atoms. The molecule has 32 heavy (non-hydrogen) atoms. The van der Waals surface area contributed by atoms with Crippen molar-refractivity contribution in [2.24, 2.45) is 0 Å². The fourth-order valence-corrected chi connectivity index (χ4v) is 4.19. The lowest BCUT2D eigenvalue weighted by atomic mass is 9.95. The van der Waals surface area contributed by atoms with E-state index in [-0.39, 0.29) is 5.91 Å². The maximum absolute atomic E-state index is 13.5. The second-order valence-corrected chi connectivity index (χ2v) is 8.21. The first kappa shape index (κ1) is 22.0. The lowest BCUT2D eigenvalue weighted by Gasteiger charge is -2.28. The summed E-state index contributed by atoms with van der Waals surface area (Å²) in [7, 11) is 3.01. The summed E-state index contributed by atoms with van der Waals surface area (Å²) in [5, 5.41) is 18.3. The molecule has 3 aromatic rings. The Balaban J connectivity index is 1.75. The van der Waals surface area contributed by atoms with Crippen molar-refractivity contribution in [1.29, 1.82) is 0 Å². The molecule has 1 aliphatic rings. The number of nitrogens with one attached hydrogen (secondary N) is 2. The first-order valence-corrected chi connectivity index (χ1v) is 11.2. The van der Waals surface area contributed by atoms with E-state index in [9.17, 15) is 4.79 Å². The number of hydrogen-bond acceptors (Lipinski definition) is 8. The Bertz CT molecular complexity index is 1190. The topological polar surface area (TPSA) is 103 Å². The lowest BCUT2D eigenvalue weighted by Crippen LogP contribution is -2.31. The van der Waals surface area contributed by atoms with E-state index < -0.39 is 6.04 Å². The number of allylic oxidation sites excluding steroid dienone is 1. The summed E-state index contributed by atoms with van der Waals surface area (Å²) >= 11 is 7.84. The third-order valence-electron chi connectivity index (χ3n) is 5.11. The van der Waals surface area contributed by atoms with Gasteiger partial charge in [0.15, 0.2) is 0 Å². The van der Waals surface area contributed by atoms with Gasteiger partial charge in [-0.1, -0.05) is 28.8 Å². The minimum atomic E-state index is -0.516. The van der Waals surface area contributed by atoms with Crippen molar-refractivity contribution in [2.75, 3.05) is 31.1 Å². The van der Waals surface area contributed by atoms with Crippen LogP contribution >= 0.6 is 23.4 Å². The van der Waals surface area contributed by atoms with Crippen LogP contribution in [-0.2, 0) is 4.79 Å². The Labute approximate surface area is 194 Å². The van der Waals surface area contributed by atoms with E-state index in [1.807, 2.05) is 37.4 Å². The lowest BCUT2D eigenvalue weighted by molar-refractivity contribution is -0.113. The molecule has 9 nitrogen and oxygen atoms in total. The predicted molar refractivity (Wildman–Crippen MR) is 124 cm³/mol. The van der Waals surface area contributed by atoms with Gasteiger partial charge >= 0.3 is 0 Å². The first-order valence-electron chi connectivity index (χ1n) is 9.59. The van der Waals surface area contributed by atoms with E-state index in [1.54, 1.807) is 28.6 Å². The summed E-state index contributed by atoms with van der Waals surface area (Å²) in [6, 6.07) is 10.6. The Hall–Kier alpha value is -3.24. The van der Waals surface area contributed by atoms with E-state index in [4.69, 9.17) is 21.1 Å². The average molecular weight is 473 g/mol. The molecule has 0 spiro atoms. The SMILES string of the molecule is COc1cc(NC(=O)C2=C(C)Nc3nnnn3C2c2ccc(SC)cc2)c(OC)cc1Cl. The molecule has 11 heteroatoms. The number of carbonyl (C=O) groups excluding carboxylic acids is 1. The molecule has 0 aliphatic carbocycles. The average Bonchev–Trinajstić information content (AvgIpc) is 3.26. The molecule has 1 aromatic heterocycles. The quantitative estimate of drug-likeness (QED) is 0.519. The van der Waals surface area contributed by atoms with Crippen LogP contribution in [0.15, 0.2) is 52.6 Å². The minimum Gasteiger partial charge on any atom is -0.495 e. The molecule has 0 radical (unpaired) electrons. The summed E-state index contributed by atoms with van der Waals surface area (Å²) < 4.78 is 12.3. The van der Waals surface area contributed by atoms with Crippen LogP contribution in [0.5, 0.6) is 11.5 Å². The fourth-order valence-electron chi connectivity index (χ4n) is 3.55. The van der Waals surface area contributed by atoms with Gasteiger partial charge in [0.05, 0.1) is 30.5 Å². The first-order chi connectivity index (χ1) is 15.5. The molecule has 0 saturated carbocycles. The van der Waals surface area contributed by atoms with E-state index in [1.165, 1.54) is 14.2 Å². The second kappa shape index (κ2) is 9.09. The number of benzene rings is 2. The monoisotopic (exact) mass is 472 g/mol. The molecule has 1 unspecified atom stereocenters. The summed E-state index contributed by atoms with van der Waals surface area (Å²) in [4.78, 5) is 14.7.